The first-order valence-corrected chi connectivity index (χ1v) is 7.58. The fourth-order valence-corrected chi connectivity index (χ4v) is 2.63. The topological polar surface area (TPSA) is 93.9 Å². The van der Waals surface area contributed by atoms with E-state index in [4.69, 9.17) is 5.26 Å². The lowest BCUT2D eigenvalue weighted by Crippen LogP contribution is -2.29. The third kappa shape index (κ3) is 3.42. The summed E-state index contributed by atoms with van der Waals surface area (Å²) in [6.45, 7) is 2.13. The molecule has 6 nitrogen and oxygen atoms in total. The van der Waals surface area contributed by atoms with Gasteiger partial charge in [0.25, 0.3) is 0 Å². The van der Waals surface area contributed by atoms with Gasteiger partial charge in [-0.25, -0.2) is 4.98 Å². The number of nitrogens with zero attached hydrogens (tertiary/aromatic N) is 3. The monoisotopic (exact) mass is 287 g/mol. The third-order valence-electron chi connectivity index (χ3n) is 4.36. The molecular weight excluding hydrogens is 266 g/mol. The quantitative estimate of drug-likeness (QED) is 0.784. The predicted octanol–water partition coefficient (Wildman–Crippen LogP) is 2.03. The van der Waals surface area contributed by atoms with Crippen molar-refractivity contribution in [3.63, 3.8) is 0 Å². The van der Waals surface area contributed by atoms with Gasteiger partial charge in [-0.1, -0.05) is 0 Å². The average Bonchev–Trinajstić information content (AvgIpc) is 3.19. The molecule has 2 aliphatic carbocycles. The highest BCUT2D eigenvalue weighted by molar-refractivity contribution is 5.55. The van der Waals surface area contributed by atoms with Gasteiger partial charge < -0.3 is 15.7 Å². The Bertz CT molecular complexity index is 556. The van der Waals surface area contributed by atoms with Crippen LogP contribution in [0.5, 0.6) is 0 Å². The summed E-state index contributed by atoms with van der Waals surface area (Å²) < 4.78 is 0. The van der Waals surface area contributed by atoms with Crippen molar-refractivity contribution in [1.82, 2.24) is 9.97 Å². The zero-order valence-corrected chi connectivity index (χ0v) is 12.3. The lowest BCUT2D eigenvalue weighted by Gasteiger charge is -2.26. The van der Waals surface area contributed by atoms with E-state index in [0.29, 0.717) is 23.4 Å². The highest BCUT2D eigenvalue weighted by Gasteiger charge is 2.38. The molecule has 0 atom stereocenters. The van der Waals surface area contributed by atoms with E-state index < -0.39 is 0 Å². The van der Waals surface area contributed by atoms with Gasteiger partial charge in [0, 0.05) is 11.6 Å². The van der Waals surface area contributed by atoms with E-state index in [1.165, 1.54) is 0 Å². The Hall–Kier alpha value is -1.87. The van der Waals surface area contributed by atoms with Crippen LogP contribution in [0.25, 0.3) is 0 Å². The molecule has 2 fully saturated rings. The number of aliphatic hydroxyl groups excluding tert-OH is 1. The maximum Gasteiger partial charge on any atom is 0.224 e. The summed E-state index contributed by atoms with van der Waals surface area (Å²) >= 11 is 0. The summed E-state index contributed by atoms with van der Waals surface area (Å²) in [4.78, 5) is 8.69. The largest absolute Gasteiger partial charge is 0.393 e. The van der Waals surface area contributed by atoms with E-state index in [-0.39, 0.29) is 11.6 Å². The zero-order chi connectivity index (χ0) is 14.9. The van der Waals surface area contributed by atoms with E-state index in [1.807, 2.05) is 0 Å². The maximum absolute atomic E-state index is 9.53. The lowest BCUT2D eigenvalue weighted by molar-refractivity contribution is 0.126. The van der Waals surface area contributed by atoms with Gasteiger partial charge in [-0.05, 0) is 45.4 Å². The molecule has 0 spiro atoms. The van der Waals surface area contributed by atoms with Crippen LogP contribution in [0.4, 0.5) is 11.8 Å². The molecular formula is C15H21N5O. The standard InChI is InChI=1S/C15H21N5O/c1-15(6-7-15)20-13-10(8-16)9-17-14(19-13)18-11-2-4-12(21)5-3-11/h9,11-12,21H,2-7H2,1H3,(H2,17,18,19,20)/t11-,12-. The number of nitrogens with one attached hydrogen (secondary N) is 2. The average molecular weight is 287 g/mol. The second-order valence-electron chi connectivity index (χ2n) is 6.40. The molecule has 0 radical (unpaired) electrons. The van der Waals surface area contributed by atoms with Crippen LogP contribution >= 0.6 is 0 Å². The minimum Gasteiger partial charge on any atom is -0.393 e. The molecule has 0 amide bonds. The minimum absolute atomic E-state index is 0.0756. The summed E-state index contributed by atoms with van der Waals surface area (Å²) in [6, 6.07) is 2.43. The van der Waals surface area contributed by atoms with Gasteiger partial charge in [-0.15, -0.1) is 0 Å². The number of hydrogen-bond acceptors (Lipinski definition) is 6. The zero-order valence-electron chi connectivity index (χ0n) is 12.3. The SMILES string of the molecule is CC1(Nc2nc(N[C@H]3CC[C@H](O)CC3)ncc2C#N)CC1. The fourth-order valence-electron chi connectivity index (χ4n) is 2.63. The number of aliphatic hydroxyl groups is 1. The Morgan fingerprint density at radius 1 is 1.33 bits per heavy atom. The Morgan fingerprint density at radius 3 is 2.67 bits per heavy atom. The van der Waals surface area contributed by atoms with Gasteiger partial charge in [0.1, 0.15) is 17.5 Å². The number of nitriles is 1. The molecule has 1 aromatic heterocycles. The van der Waals surface area contributed by atoms with Gasteiger partial charge in [-0.2, -0.15) is 10.2 Å². The summed E-state index contributed by atoms with van der Waals surface area (Å²) in [5.74, 6) is 1.17. The summed E-state index contributed by atoms with van der Waals surface area (Å²) in [5, 5.41) is 25.4. The van der Waals surface area contributed by atoms with Crippen molar-refractivity contribution in [3.8, 4) is 6.07 Å². The second kappa shape index (κ2) is 5.49. The van der Waals surface area contributed by atoms with E-state index in [2.05, 4.69) is 33.6 Å². The minimum atomic E-state index is -0.169. The Balaban J connectivity index is 1.71. The van der Waals surface area contributed by atoms with Crippen LogP contribution in [0.15, 0.2) is 6.20 Å². The van der Waals surface area contributed by atoms with Crippen molar-refractivity contribution in [2.75, 3.05) is 10.6 Å². The van der Waals surface area contributed by atoms with Crippen LogP contribution in [0.1, 0.15) is 51.0 Å². The van der Waals surface area contributed by atoms with Gasteiger partial charge in [0.05, 0.1) is 12.3 Å². The van der Waals surface area contributed by atoms with Gasteiger partial charge >= 0.3 is 0 Å². The summed E-state index contributed by atoms with van der Waals surface area (Å²) in [5.41, 5.74) is 0.555. The first-order chi connectivity index (χ1) is 10.1. The number of aromatic nitrogens is 2. The van der Waals surface area contributed by atoms with E-state index in [0.717, 1.165) is 38.5 Å². The van der Waals surface area contributed by atoms with E-state index in [9.17, 15) is 5.11 Å². The molecule has 0 aliphatic heterocycles. The van der Waals surface area contributed by atoms with Crippen molar-refractivity contribution in [2.24, 2.45) is 0 Å². The van der Waals surface area contributed by atoms with Gasteiger partial charge in [-0.3, -0.25) is 0 Å². The molecule has 112 valence electrons. The molecule has 0 unspecified atom stereocenters. The van der Waals surface area contributed by atoms with Crippen molar-refractivity contribution in [2.45, 2.75) is 63.1 Å². The summed E-state index contributed by atoms with van der Waals surface area (Å²) in [6.07, 6.45) is 7.08. The van der Waals surface area contributed by atoms with Crippen LogP contribution in [-0.4, -0.2) is 32.8 Å². The lowest BCUT2D eigenvalue weighted by atomic mass is 9.93. The molecule has 0 saturated heterocycles. The van der Waals surface area contributed by atoms with Crippen molar-refractivity contribution in [1.29, 1.82) is 5.26 Å². The molecule has 21 heavy (non-hydrogen) atoms. The maximum atomic E-state index is 9.53. The molecule has 1 aromatic rings. The van der Waals surface area contributed by atoms with Crippen molar-refractivity contribution < 1.29 is 5.11 Å². The Labute approximate surface area is 124 Å². The number of hydrogen-bond donors (Lipinski definition) is 3. The molecule has 3 rings (SSSR count). The van der Waals surface area contributed by atoms with Gasteiger partial charge in [0.15, 0.2) is 0 Å². The number of rotatable bonds is 4. The predicted molar refractivity (Wildman–Crippen MR) is 79.9 cm³/mol. The highest BCUT2D eigenvalue weighted by atomic mass is 16.3. The Kier molecular flexibility index (Phi) is 3.68. The van der Waals surface area contributed by atoms with Crippen molar-refractivity contribution in [3.05, 3.63) is 11.8 Å². The van der Waals surface area contributed by atoms with Crippen LogP contribution < -0.4 is 10.6 Å². The molecule has 2 aliphatic rings. The molecule has 0 bridgehead atoms. The van der Waals surface area contributed by atoms with Crippen LogP contribution in [0.3, 0.4) is 0 Å². The first-order valence-electron chi connectivity index (χ1n) is 7.58. The second-order valence-corrected chi connectivity index (χ2v) is 6.40. The highest BCUT2D eigenvalue weighted by Crippen LogP contribution is 2.38. The number of anilines is 2. The molecule has 1 heterocycles. The first kappa shape index (κ1) is 14.1. The van der Waals surface area contributed by atoms with Crippen LogP contribution in [0, 0.1) is 11.3 Å². The summed E-state index contributed by atoms with van der Waals surface area (Å²) in [7, 11) is 0. The fraction of sp³-hybridized carbons (Fsp3) is 0.667. The molecule has 6 heteroatoms. The normalized spacial score (nSPS) is 26.7. The van der Waals surface area contributed by atoms with E-state index >= 15 is 0 Å². The molecule has 3 N–H and O–H groups in total. The van der Waals surface area contributed by atoms with Crippen LogP contribution in [0.2, 0.25) is 0 Å². The molecule has 2 saturated carbocycles. The van der Waals surface area contributed by atoms with E-state index in [1.54, 1.807) is 6.20 Å². The molecule has 0 aromatic carbocycles. The van der Waals surface area contributed by atoms with Gasteiger partial charge in [0.2, 0.25) is 5.95 Å². The smallest absolute Gasteiger partial charge is 0.224 e. The third-order valence-corrected chi connectivity index (χ3v) is 4.36. The van der Waals surface area contributed by atoms with Crippen LogP contribution in [-0.2, 0) is 0 Å². The Morgan fingerprint density at radius 2 is 2.05 bits per heavy atom. The van der Waals surface area contributed by atoms with Crippen molar-refractivity contribution >= 4 is 11.8 Å².